The Morgan fingerprint density at radius 3 is 2.31 bits per heavy atom. The molecule has 0 aliphatic heterocycles. The van der Waals surface area contributed by atoms with Gasteiger partial charge in [0.2, 0.25) is 0 Å². The molecule has 0 fully saturated rings. The zero-order chi connectivity index (χ0) is 12.4. The van der Waals surface area contributed by atoms with Crippen LogP contribution in [-0.2, 0) is 4.74 Å². The van der Waals surface area contributed by atoms with Gasteiger partial charge in [-0.1, -0.05) is 27.7 Å². The number of alkyl halides is 1. The molecule has 0 bridgehead atoms. The molecule has 3 heteroatoms. The largest absolute Gasteiger partial charge is 0.380 e. The summed E-state index contributed by atoms with van der Waals surface area (Å²) in [6.45, 7) is 12.3. The van der Waals surface area contributed by atoms with Crippen LogP contribution in [0, 0.1) is 11.3 Å². The van der Waals surface area contributed by atoms with E-state index in [1.165, 1.54) is 0 Å². The molecule has 16 heavy (non-hydrogen) atoms. The molecule has 0 aliphatic rings. The van der Waals surface area contributed by atoms with Crippen molar-refractivity contribution in [1.29, 1.82) is 0 Å². The molecule has 0 rings (SSSR count). The number of nitrogens with one attached hydrogen (secondary N) is 1. The fourth-order valence-electron chi connectivity index (χ4n) is 1.55. The van der Waals surface area contributed by atoms with Gasteiger partial charge in [0.15, 0.2) is 0 Å². The first-order chi connectivity index (χ1) is 7.60. The first kappa shape index (κ1) is 16.2. The van der Waals surface area contributed by atoms with Crippen molar-refractivity contribution < 1.29 is 4.74 Å². The van der Waals surface area contributed by atoms with Gasteiger partial charge in [0, 0.05) is 25.6 Å². The van der Waals surface area contributed by atoms with Crippen LogP contribution in [0.5, 0.6) is 0 Å². The molecule has 0 aromatic heterocycles. The zero-order valence-electron chi connectivity index (χ0n) is 11.3. The van der Waals surface area contributed by atoms with Crippen molar-refractivity contribution in [1.82, 2.24) is 5.32 Å². The monoisotopic (exact) mass is 249 g/mol. The van der Waals surface area contributed by atoms with E-state index >= 15 is 0 Å². The molecule has 0 atom stereocenters. The van der Waals surface area contributed by atoms with Crippen LogP contribution in [0.25, 0.3) is 0 Å². The van der Waals surface area contributed by atoms with E-state index in [4.69, 9.17) is 16.3 Å². The molecule has 0 spiro atoms. The summed E-state index contributed by atoms with van der Waals surface area (Å²) in [4.78, 5) is 0. The Morgan fingerprint density at radius 2 is 1.88 bits per heavy atom. The van der Waals surface area contributed by atoms with E-state index in [0.29, 0.717) is 5.92 Å². The lowest BCUT2D eigenvalue weighted by molar-refractivity contribution is 0.109. The van der Waals surface area contributed by atoms with E-state index < -0.39 is 0 Å². The molecule has 2 nitrogen and oxygen atoms in total. The standard InChI is InChI=1S/C13H28ClNO/c1-5-13(6-2,10-14)11-15-7-8-16-9-12(3)4/h12,15H,5-11H2,1-4H3. The van der Waals surface area contributed by atoms with Crippen molar-refractivity contribution >= 4 is 11.6 Å². The number of ether oxygens (including phenoxy) is 1. The molecule has 0 aromatic carbocycles. The molecule has 0 radical (unpaired) electrons. The summed E-state index contributed by atoms with van der Waals surface area (Å²) < 4.78 is 5.52. The van der Waals surface area contributed by atoms with E-state index in [2.05, 4.69) is 33.0 Å². The fraction of sp³-hybridized carbons (Fsp3) is 1.00. The summed E-state index contributed by atoms with van der Waals surface area (Å²) >= 11 is 6.03. The van der Waals surface area contributed by atoms with Gasteiger partial charge in [-0.3, -0.25) is 0 Å². The summed E-state index contributed by atoms with van der Waals surface area (Å²) in [5, 5.41) is 3.44. The maximum atomic E-state index is 6.03. The molecule has 1 N–H and O–H groups in total. The average molecular weight is 250 g/mol. The molecule has 98 valence electrons. The van der Waals surface area contributed by atoms with Crippen LogP contribution in [-0.4, -0.2) is 32.2 Å². The third kappa shape index (κ3) is 6.72. The Balaban J connectivity index is 3.55. The maximum absolute atomic E-state index is 6.03. The minimum absolute atomic E-state index is 0.263. The van der Waals surface area contributed by atoms with Crippen molar-refractivity contribution in [2.45, 2.75) is 40.5 Å². The van der Waals surface area contributed by atoms with Gasteiger partial charge >= 0.3 is 0 Å². The smallest absolute Gasteiger partial charge is 0.0591 e. The highest BCUT2D eigenvalue weighted by molar-refractivity contribution is 6.18. The van der Waals surface area contributed by atoms with Crippen LogP contribution in [0.2, 0.25) is 0 Å². The second-order valence-electron chi connectivity index (χ2n) is 4.99. The summed E-state index contributed by atoms with van der Waals surface area (Å²) in [6, 6.07) is 0. The Labute approximate surface area is 106 Å². The second-order valence-corrected chi connectivity index (χ2v) is 5.25. The van der Waals surface area contributed by atoms with Crippen molar-refractivity contribution in [2.75, 3.05) is 32.2 Å². The Morgan fingerprint density at radius 1 is 1.25 bits per heavy atom. The van der Waals surface area contributed by atoms with Gasteiger partial charge in [-0.05, 0) is 24.2 Å². The van der Waals surface area contributed by atoms with Crippen molar-refractivity contribution in [3.05, 3.63) is 0 Å². The van der Waals surface area contributed by atoms with Gasteiger partial charge in [-0.2, -0.15) is 0 Å². The molecule has 0 heterocycles. The van der Waals surface area contributed by atoms with Gasteiger partial charge in [-0.25, -0.2) is 0 Å². The number of hydrogen-bond donors (Lipinski definition) is 1. The number of hydrogen-bond acceptors (Lipinski definition) is 2. The predicted molar refractivity (Wildman–Crippen MR) is 72.3 cm³/mol. The lowest BCUT2D eigenvalue weighted by Crippen LogP contribution is -2.36. The van der Waals surface area contributed by atoms with Gasteiger partial charge in [0.25, 0.3) is 0 Å². The third-order valence-corrected chi connectivity index (χ3v) is 3.72. The molecule has 0 amide bonds. The number of halogens is 1. The van der Waals surface area contributed by atoms with Crippen LogP contribution < -0.4 is 5.32 Å². The predicted octanol–water partition coefficient (Wildman–Crippen LogP) is 3.29. The van der Waals surface area contributed by atoms with Crippen LogP contribution >= 0.6 is 11.6 Å². The normalized spacial score (nSPS) is 12.4. The molecular weight excluding hydrogens is 222 g/mol. The minimum Gasteiger partial charge on any atom is -0.380 e. The molecular formula is C13H28ClNO. The van der Waals surface area contributed by atoms with Gasteiger partial charge in [-0.15, -0.1) is 11.6 Å². The highest BCUT2D eigenvalue weighted by Gasteiger charge is 2.24. The molecule has 0 aromatic rings. The third-order valence-electron chi connectivity index (χ3n) is 3.16. The van der Waals surface area contributed by atoms with E-state index in [1.807, 2.05) is 0 Å². The van der Waals surface area contributed by atoms with Gasteiger partial charge < -0.3 is 10.1 Å². The van der Waals surface area contributed by atoms with E-state index in [0.717, 1.165) is 45.0 Å². The van der Waals surface area contributed by atoms with E-state index in [1.54, 1.807) is 0 Å². The van der Waals surface area contributed by atoms with Crippen LogP contribution in [0.3, 0.4) is 0 Å². The van der Waals surface area contributed by atoms with Crippen molar-refractivity contribution in [3.8, 4) is 0 Å². The lowest BCUT2D eigenvalue weighted by atomic mass is 9.84. The molecule has 0 saturated carbocycles. The minimum atomic E-state index is 0.263. The lowest BCUT2D eigenvalue weighted by Gasteiger charge is -2.29. The average Bonchev–Trinajstić information content (AvgIpc) is 2.29. The Bertz CT molecular complexity index is 150. The fourth-order valence-corrected chi connectivity index (χ4v) is 2.03. The molecule has 0 saturated heterocycles. The Hall–Kier alpha value is 0.210. The molecule has 0 aliphatic carbocycles. The topological polar surface area (TPSA) is 21.3 Å². The summed E-state index contributed by atoms with van der Waals surface area (Å²) in [6.07, 6.45) is 2.26. The summed E-state index contributed by atoms with van der Waals surface area (Å²) in [7, 11) is 0. The maximum Gasteiger partial charge on any atom is 0.0591 e. The van der Waals surface area contributed by atoms with Crippen molar-refractivity contribution in [3.63, 3.8) is 0 Å². The highest BCUT2D eigenvalue weighted by Crippen LogP contribution is 2.26. The highest BCUT2D eigenvalue weighted by atomic mass is 35.5. The molecule has 0 unspecified atom stereocenters. The SMILES string of the molecule is CCC(CC)(CCl)CNCCOCC(C)C. The summed E-state index contributed by atoms with van der Waals surface area (Å²) in [5.74, 6) is 1.35. The Kier molecular flexibility index (Phi) is 9.38. The quantitative estimate of drug-likeness (QED) is 0.474. The van der Waals surface area contributed by atoms with Crippen LogP contribution in [0.15, 0.2) is 0 Å². The van der Waals surface area contributed by atoms with Crippen molar-refractivity contribution in [2.24, 2.45) is 11.3 Å². The zero-order valence-corrected chi connectivity index (χ0v) is 12.1. The van der Waals surface area contributed by atoms with E-state index in [-0.39, 0.29) is 5.41 Å². The van der Waals surface area contributed by atoms with Crippen LogP contribution in [0.4, 0.5) is 0 Å². The van der Waals surface area contributed by atoms with Crippen LogP contribution in [0.1, 0.15) is 40.5 Å². The first-order valence-electron chi connectivity index (χ1n) is 6.44. The first-order valence-corrected chi connectivity index (χ1v) is 6.98. The second kappa shape index (κ2) is 9.26. The summed E-state index contributed by atoms with van der Waals surface area (Å²) in [5.41, 5.74) is 0.263. The number of rotatable bonds is 10. The van der Waals surface area contributed by atoms with Gasteiger partial charge in [0.05, 0.1) is 6.61 Å². The van der Waals surface area contributed by atoms with Gasteiger partial charge in [0.1, 0.15) is 0 Å². The van der Waals surface area contributed by atoms with E-state index in [9.17, 15) is 0 Å².